The first-order valence-electron chi connectivity index (χ1n) is 3.85. The zero-order valence-electron chi connectivity index (χ0n) is 8.15. The lowest BCUT2D eigenvalue weighted by molar-refractivity contribution is 0.342. The van der Waals surface area contributed by atoms with Gasteiger partial charge in [-0.2, -0.15) is 0 Å². The van der Waals surface area contributed by atoms with Gasteiger partial charge in [-0.25, -0.2) is 22.0 Å². The maximum absolute atomic E-state index is 13.2. The summed E-state index contributed by atoms with van der Waals surface area (Å²) < 4.78 is 73.5. The number of benzene rings is 1. The quantitative estimate of drug-likeness (QED) is 0.360. The van der Waals surface area contributed by atoms with Crippen molar-refractivity contribution in [3.05, 3.63) is 29.1 Å². The Morgan fingerprint density at radius 1 is 0.688 bits per heavy atom. The first kappa shape index (κ1) is 13.3. The molecular weight excluding hydrogens is 254 g/mol. The lowest BCUT2D eigenvalue weighted by Crippen LogP contribution is -2.20. The van der Waals surface area contributed by atoms with Gasteiger partial charge in [0.25, 0.3) is 0 Å². The standard InChI is InChI=1S/C8H6F5O2P/c1-14-16(15-2)8-6(12)4(10)3(9)5(11)7(8)13/h1-2H3. The second kappa shape index (κ2) is 5.03. The zero-order chi connectivity index (χ0) is 12.5. The molecule has 0 aliphatic rings. The summed E-state index contributed by atoms with van der Waals surface area (Å²) in [6, 6.07) is 0. The SMILES string of the molecule is COP(OC)c1c(F)c(F)c(F)c(F)c1F. The molecule has 0 fully saturated rings. The van der Waals surface area contributed by atoms with E-state index in [2.05, 4.69) is 9.05 Å². The fourth-order valence-electron chi connectivity index (χ4n) is 1.01. The first-order chi connectivity index (χ1) is 7.45. The molecule has 2 nitrogen and oxygen atoms in total. The number of hydrogen-bond acceptors (Lipinski definition) is 2. The second-order valence-corrected chi connectivity index (χ2v) is 4.23. The number of halogens is 5. The fraction of sp³-hybridized carbons (Fsp3) is 0.250. The van der Waals surface area contributed by atoms with E-state index >= 15 is 0 Å². The molecule has 1 rings (SSSR count). The van der Waals surface area contributed by atoms with Crippen molar-refractivity contribution >= 4 is 13.7 Å². The fourth-order valence-corrected chi connectivity index (χ4v) is 2.04. The summed E-state index contributed by atoms with van der Waals surface area (Å²) in [6.45, 7) is 0. The summed E-state index contributed by atoms with van der Waals surface area (Å²) in [5.41, 5.74) is 0. The van der Waals surface area contributed by atoms with Gasteiger partial charge in [0.05, 0.1) is 0 Å². The minimum Gasteiger partial charge on any atom is -0.334 e. The normalized spacial score (nSPS) is 11.2. The average Bonchev–Trinajstić information content (AvgIpc) is 2.29. The minimum atomic E-state index is -2.33. The van der Waals surface area contributed by atoms with Crippen LogP contribution < -0.4 is 5.30 Å². The summed E-state index contributed by atoms with van der Waals surface area (Å²) >= 11 is 0. The Morgan fingerprint density at radius 3 is 1.31 bits per heavy atom. The highest BCUT2D eigenvalue weighted by Crippen LogP contribution is 2.38. The van der Waals surface area contributed by atoms with Crippen LogP contribution in [0.3, 0.4) is 0 Å². The van der Waals surface area contributed by atoms with Crippen LogP contribution in [0.25, 0.3) is 0 Å². The molecule has 0 aliphatic carbocycles. The first-order valence-corrected chi connectivity index (χ1v) is 5.03. The van der Waals surface area contributed by atoms with Gasteiger partial charge in [-0.05, 0) is 0 Å². The predicted octanol–water partition coefficient (Wildman–Crippen LogP) is 2.61. The van der Waals surface area contributed by atoms with Gasteiger partial charge in [0.15, 0.2) is 23.3 Å². The van der Waals surface area contributed by atoms with Gasteiger partial charge in [0.1, 0.15) is 5.30 Å². The van der Waals surface area contributed by atoms with E-state index in [1.807, 2.05) is 0 Å². The Hall–Kier alpha value is -0.780. The number of hydrogen-bond donors (Lipinski definition) is 0. The maximum Gasteiger partial charge on any atom is 0.210 e. The van der Waals surface area contributed by atoms with Gasteiger partial charge in [0.2, 0.25) is 14.2 Å². The molecule has 0 aromatic heterocycles. The highest BCUT2D eigenvalue weighted by molar-refractivity contribution is 7.56. The second-order valence-electron chi connectivity index (χ2n) is 2.54. The van der Waals surface area contributed by atoms with Gasteiger partial charge in [-0.1, -0.05) is 0 Å². The van der Waals surface area contributed by atoms with Crippen LogP contribution in [0.5, 0.6) is 0 Å². The highest BCUT2D eigenvalue weighted by Gasteiger charge is 2.31. The van der Waals surface area contributed by atoms with Crippen LogP contribution in [-0.2, 0) is 9.05 Å². The van der Waals surface area contributed by atoms with Crippen LogP contribution >= 0.6 is 8.38 Å². The summed E-state index contributed by atoms with van der Waals surface area (Å²) in [7, 11) is -0.265. The topological polar surface area (TPSA) is 18.5 Å². The van der Waals surface area contributed by atoms with Crippen molar-refractivity contribution in [3.63, 3.8) is 0 Å². The van der Waals surface area contributed by atoms with E-state index in [9.17, 15) is 22.0 Å². The van der Waals surface area contributed by atoms with Gasteiger partial charge in [0, 0.05) is 14.2 Å². The van der Waals surface area contributed by atoms with Crippen molar-refractivity contribution in [2.24, 2.45) is 0 Å². The lowest BCUT2D eigenvalue weighted by atomic mass is 10.3. The molecule has 0 radical (unpaired) electrons. The summed E-state index contributed by atoms with van der Waals surface area (Å²) in [6.07, 6.45) is 0. The third-order valence-electron chi connectivity index (χ3n) is 1.70. The Labute approximate surface area is 88.9 Å². The molecule has 1 aromatic rings. The van der Waals surface area contributed by atoms with E-state index in [1.165, 1.54) is 0 Å². The van der Waals surface area contributed by atoms with Crippen LogP contribution in [0, 0.1) is 29.1 Å². The van der Waals surface area contributed by atoms with E-state index in [0.29, 0.717) is 0 Å². The molecule has 0 unspecified atom stereocenters. The summed E-state index contributed by atoms with van der Waals surface area (Å²) in [5, 5.41) is -1.09. The summed E-state index contributed by atoms with van der Waals surface area (Å²) in [4.78, 5) is 0. The molecule has 0 N–H and O–H groups in total. The average molecular weight is 260 g/mol. The van der Waals surface area contributed by atoms with Gasteiger partial charge in [-0.15, -0.1) is 0 Å². The third kappa shape index (κ3) is 2.03. The van der Waals surface area contributed by atoms with Crippen molar-refractivity contribution in [1.29, 1.82) is 0 Å². The molecular formula is C8H6F5O2P. The Bertz CT molecular complexity index is 379. The van der Waals surface area contributed by atoms with E-state index in [0.717, 1.165) is 14.2 Å². The lowest BCUT2D eigenvalue weighted by Gasteiger charge is -2.14. The molecule has 0 atom stereocenters. The highest BCUT2D eigenvalue weighted by atomic mass is 31.2. The van der Waals surface area contributed by atoms with Gasteiger partial charge in [-0.3, -0.25) is 0 Å². The van der Waals surface area contributed by atoms with Crippen LogP contribution in [0.1, 0.15) is 0 Å². The third-order valence-corrected chi connectivity index (χ3v) is 3.12. The molecule has 0 amide bonds. The van der Waals surface area contributed by atoms with Crippen molar-refractivity contribution in [1.82, 2.24) is 0 Å². The summed E-state index contributed by atoms with van der Waals surface area (Å²) in [5.74, 6) is -10.1. The molecule has 0 heterocycles. The molecule has 90 valence electrons. The molecule has 0 saturated carbocycles. The maximum atomic E-state index is 13.2. The van der Waals surface area contributed by atoms with Crippen LogP contribution in [-0.4, -0.2) is 14.2 Å². The molecule has 0 saturated heterocycles. The molecule has 0 bridgehead atoms. The Kier molecular flexibility index (Phi) is 4.18. The molecule has 8 heteroatoms. The van der Waals surface area contributed by atoms with Crippen LogP contribution in [0.15, 0.2) is 0 Å². The van der Waals surface area contributed by atoms with Crippen LogP contribution in [0.4, 0.5) is 22.0 Å². The van der Waals surface area contributed by atoms with Crippen molar-refractivity contribution < 1.29 is 31.0 Å². The van der Waals surface area contributed by atoms with Crippen molar-refractivity contribution in [2.45, 2.75) is 0 Å². The predicted molar refractivity (Wildman–Crippen MR) is 46.8 cm³/mol. The van der Waals surface area contributed by atoms with Gasteiger partial charge < -0.3 is 9.05 Å². The molecule has 0 spiro atoms. The smallest absolute Gasteiger partial charge is 0.210 e. The molecule has 16 heavy (non-hydrogen) atoms. The largest absolute Gasteiger partial charge is 0.334 e. The Morgan fingerprint density at radius 2 is 1.00 bits per heavy atom. The van der Waals surface area contributed by atoms with Crippen LogP contribution in [0.2, 0.25) is 0 Å². The monoisotopic (exact) mass is 260 g/mol. The van der Waals surface area contributed by atoms with E-state index < -0.39 is 42.8 Å². The van der Waals surface area contributed by atoms with E-state index in [-0.39, 0.29) is 0 Å². The van der Waals surface area contributed by atoms with Crippen molar-refractivity contribution in [2.75, 3.05) is 14.2 Å². The van der Waals surface area contributed by atoms with Crippen molar-refractivity contribution in [3.8, 4) is 0 Å². The van der Waals surface area contributed by atoms with E-state index in [1.54, 1.807) is 0 Å². The minimum absolute atomic E-state index is 1.03. The zero-order valence-corrected chi connectivity index (χ0v) is 9.05. The Balaban J connectivity index is 3.50. The van der Waals surface area contributed by atoms with E-state index in [4.69, 9.17) is 0 Å². The van der Waals surface area contributed by atoms with Gasteiger partial charge >= 0.3 is 0 Å². The molecule has 0 aliphatic heterocycles. The molecule has 1 aromatic carbocycles. The number of rotatable bonds is 3.